The van der Waals surface area contributed by atoms with Gasteiger partial charge in [-0.2, -0.15) is 0 Å². The molecular weight excluding hydrogens is 226 g/mol. The molecule has 0 aliphatic carbocycles. The van der Waals surface area contributed by atoms with Crippen LogP contribution in [0.4, 0.5) is 0 Å². The summed E-state index contributed by atoms with van der Waals surface area (Å²) in [5, 5.41) is 0. The van der Waals surface area contributed by atoms with Crippen LogP contribution in [0.3, 0.4) is 0 Å². The number of amides is 1. The number of morpholine rings is 1. The molecule has 1 atom stereocenters. The van der Waals surface area contributed by atoms with E-state index in [0.29, 0.717) is 13.2 Å². The van der Waals surface area contributed by atoms with Gasteiger partial charge in [0.1, 0.15) is 0 Å². The largest absolute Gasteiger partial charge is 0.377 e. The van der Waals surface area contributed by atoms with Crippen LogP contribution in [0.15, 0.2) is 11.1 Å². The second kappa shape index (κ2) is 5.43. The Labute approximate surface area is 110 Å². The molecule has 0 aromatic heterocycles. The van der Waals surface area contributed by atoms with Crippen LogP contribution in [0.25, 0.3) is 0 Å². The van der Waals surface area contributed by atoms with Crippen molar-refractivity contribution < 1.29 is 9.53 Å². The summed E-state index contributed by atoms with van der Waals surface area (Å²) in [6.45, 7) is 8.63. The molecule has 0 spiro atoms. The zero-order chi connectivity index (χ0) is 13.2. The summed E-state index contributed by atoms with van der Waals surface area (Å²) in [6.07, 6.45) is 5.16. The Kier molecular flexibility index (Phi) is 4.10. The second-order valence-electron chi connectivity index (χ2n) is 5.77. The summed E-state index contributed by atoms with van der Waals surface area (Å²) in [5.74, 6) is 0.275. The number of nitrogens with zero attached hydrogens (tertiary/aromatic N) is 1. The van der Waals surface area contributed by atoms with Gasteiger partial charge in [-0.3, -0.25) is 4.79 Å². The van der Waals surface area contributed by atoms with Crippen molar-refractivity contribution in [2.75, 3.05) is 19.8 Å². The number of carbonyl (C=O) groups is 1. The Bertz CT molecular complexity index is 362. The maximum Gasteiger partial charge on any atom is 0.250 e. The Morgan fingerprint density at radius 2 is 2.00 bits per heavy atom. The van der Waals surface area contributed by atoms with Crippen LogP contribution in [0.2, 0.25) is 0 Å². The zero-order valence-electron chi connectivity index (χ0n) is 11.9. The molecule has 2 heterocycles. The van der Waals surface area contributed by atoms with Gasteiger partial charge in [0, 0.05) is 12.1 Å². The van der Waals surface area contributed by atoms with Crippen LogP contribution >= 0.6 is 0 Å². The van der Waals surface area contributed by atoms with Crippen molar-refractivity contribution in [3.05, 3.63) is 11.1 Å². The average Bonchev–Trinajstić information content (AvgIpc) is 2.34. The number of hydrogen-bond acceptors (Lipinski definition) is 2. The molecule has 2 aliphatic heterocycles. The number of hydrogen-bond donors (Lipinski definition) is 0. The quantitative estimate of drug-likeness (QED) is 0.769. The highest BCUT2D eigenvalue weighted by molar-refractivity contribution is 5.96. The van der Waals surface area contributed by atoms with E-state index >= 15 is 0 Å². The van der Waals surface area contributed by atoms with E-state index in [-0.39, 0.29) is 11.4 Å². The Hall–Kier alpha value is -0.830. The van der Waals surface area contributed by atoms with Crippen molar-refractivity contribution in [3.8, 4) is 0 Å². The SMILES string of the molecule is CCCC1=C(CCC)C(=O)N2CCOC[C@@]2(C)C1. The van der Waals surface area contributed by atoms with E-state index in [0.717, 1.165) is 44.2 Å². The molecule has 0 aromatic rings. The van der Waals surface area contributed by atoms with Crippen LogP contribution in [-0.2, 0) is 9.53 Å². The lowest BCUT2D eigenvalue weighted by atomic mass is 9.80. The zero-order valence-corrected chi connectivity index (χ0v) is 11.9. The van der Waals surface area contributed by atoms with Crippen LogP contribution in [0, 0.1) is 0 Å². The molecule has 3 heteroatoms. The van der Waals surface area contributed by atoms with Gasteiger partial charge in [-0.15, -0.1) is 0 Å². The summed E-state index contributed by atoms with van der Waals surface area (Å²) in [4.78, 5) is 14.7. The van der Waals surface area contributed by atoms with Crippen LogP contribution in [0.5, 0.6) is 0 Å². The molecule has 102 valence electrons. The lowest BCUT2D eigenvalue weighted by Gasteiger charge is -2.48. The van der Waals surface area contributed by atoms with Gasteiger partial charge in [0.25, 0.3) is 0 Å². The van der Waals surface area contributed by atoms with Crippen LogP contribution < -0.4 is 0 Å². The van der Waals surface area contributed by atoms with Crippen molar-refractivity contribution in [1.82, 2.24) is 4.90 Å². The van der Waals surface area contributed by atoms with Gasteiger partial charge in [0.2, 0.25) is 5.91 Å². The molecule has 2 aliphatic rings. The molecule has 2 rings (SSSR count). The topological polar surface area (TPSA) is 29.5 Å². The average molecular weight is 251 g/mol. The molecule has 0 unspecified atom stereocenters. The maximum atomic E-state index is 12.7. The molecule has 0 radical (unpaired) electrons. The van der Waals surface area contributed by atoms with Gasteiger partial charge in [-0.05, 0) is 26.2 Å². The van der Waals surface area contributed by atoms with Crippen molar-refractivity contribution in [1.29, 1.82) is 0 Å². The normalized spacial score (nSPS) is 28.6. The predicted molar refractivity (Wildman–Crippen MR) is 72.4 cm³/mol. The highest BCUT2D eigenvalue weighted by Gasteiger charge is 2.43. The number of carbonyl (C=O) groups excluding carboxylic acids is 1. The molecule has 0 saturated carbocycles. The first-order valence-electron chi connectivity index (χ1n) is 7.23. The van der Waals surface area contributed by atoms with E-state index in [4.69, 9.17) is 4.74 Å². The van der Waals surface area contributed by atoms with Gasteiger partial charge >= 0.3 is 0 Å². The van der Waals surface area contributed by atoms with E-state index in [9.17, 15) is 4.79 Å². The standard InChI is InChI=1S/C15H25NO2/c1-4-6-12-10-15(3)11-18-9-8-16(15)14(17)13(12)7-5-2/h4-11H2,1-3H3/t15-/m1/s1. The Balaban J connectivity index is 2.32. The monoisotopic (exact) mass is 251 g/mol. The Morgan fingerprint density at radius 1 is 1.28 bits per heavy atom. The fourth-order valence-electron chi connectivity index (χ4n) is 3.24. The van der Waals surface area contributed by atoms with E-state index in [2.05, 4.69) is 25.7 Å². The predicted octanol–water partition coefficient (Wildman–Crippen LogP) is 2.90. The van der Waals surface area contributed by atoms with Crippen LogP contribution in [0.1, 0.15) is 52.9 Å². The molecule has 0 bridgehead atoms. The summed E-state index contributed by atoms with van der Waals surface area (Å²) in [6, 6.07) is 0. The second-order valence-corrected chi connectivity index (χ2v) is 5.77. The molecule has 18 heavy (non-hydrogen) atoms. The highest BCUT2D eigenvalue weighted by Crippen LogP contribution is 2.37. The smallest absolute Gasteiger partial charge is 0.250 e. The number of fused-ring (bicyclic) bond motifs is 1. The van der Waals surface area contributed by atoms with Crippen molar-refractivity contribution in [2.45, 2.75) is 58.4 Å². The third-order valence-corrected chi connectivity index (χ3v) is 4.10. The number of ether oxygens (including phenoxy) is 1. The molecule has 0 N–H and O–H groups in total. The first kappa shape index (κ1) is 13.6. The summed E-state index contributed by atoms with van der Waals surface area (Å²) in [7, 11) is 0. The van der Waals surface area contributed by atoms with E-state index < -0.39 is 0 Å². The summed E-state index contributed by atoms with van der Waals surface area (Å²) < 4.78 is 5.60. The molecule has 1 saturated heterocycles. The minimum Gasteiger partial charge on any atom is -0.377 e. The van der Waals surface area contributed by atoms with Crippen molar-refractivity contribution in [2.24, 2.45) is 0 Å². The minimum atomic E-state index is -0.100. The van der Waals surface area contributed by atoms with Crippen molar-refractivity contribution in [3.63, 3.8) is 0 Å². The molecule has 1 amide bonds. The third kappa shape index (κ3) is 2.33. The van der Waals surface area contributed by atoms with E-state index in [1.807, 2.05) is 0 Å². The maximum absolute atomic E-state index is 12.7. The highest BCUT2D eigenvalue weighted by atomic mass is 16.5. The van der Waals surface area contributed by atoms with Gasteiger partial charge in [-0.1, -0.05) is 32.3 Å². The van der Waals surface area contributed by atoms with Crippen LogP contribution in [-0.4, -0.2) is 36.1 Å². The van der Waals surface area contributed by atoms with Gasteiger partial charge in [0.05, 0.1) is 18.8 Å². The fourth-order valence-corrected chi connectivity index (χ4v) is 3.24. The molecule has 3 nitrogen and oxygen atoms in total. The minimum absolute atomic E-state index is 0.100. The van der Waals surface area contributed by atoms with Gasteiger partial charge in [-0.25, -0.2) is 0 Å². The number of rotatable bonds is 4. The Morgan fingerprint density at radius 3 is 2.67 bits per heavy atom. The fraction of sp³-hybridized carbons (Fsp3) is 0.800. The molecule has 1 fully saturated rings. The van der Waals surface area contributed by atoms with E-state index in [1.165, 1.54) is 5.57 Å². The molecule has 0 aromatic carbocycles. The lowest BCUT2D eigenvalue weighted by molar-refractivity contribution is -0.145. The van der Waals surface area contributed by atoms with Gasteiger partial charge in [0.15, 0.2) is 0 Å². The third-order valence-electron chi connectivity index (χ3n) is 4.10. The lowest BCUT2D eigenvalue weighted by Crippen LogP contribution is -2.60. The summed E-state index contributed by atoms with van der Waals surface area (Å²) in [5.41, 5.74) is 2.38. The van der Waals surface area contributed by atoms with Gasteiger partial charge < -0.3 is 9.64 Å². The van der Waals surface area contributed by atoms with E-state index in [1.54, 1.807) is 0 Å². The first-order valence-corrected chi connectivity index (χ1v) is 7.23. The van der Waals surface area contributed by atoms with Crippen molar-refractivity contribution >= 4 is 5.91 Å². The molecular formula is C15H25NO2. The summed E-state index contributed by atoms with van der Waals surface area (Å²) >= 11 is 0. The first-order chi connectivity index (χ1) is 8.62.